The van der Waals surface area contributed by atoms with Crippen molar-refractivity contribution >= 4 is 15.9 Å². The highest BCUT2D eigenvalue weighted by Crippen LogP contribution is 2.30. The van der Waals surface area contributed by atoms with Gasteiger partial charge in [0.05, 0.1) is 28.4 Å². The predicted molar refractivity (Wildman–Crippen MR) is 71.1 cm³/mol. The Morgan fingerprint density at radius 3 is 2.35 bits per heavy atom. The molecule has 0 aliphatic carbocycles. The highest BCUT2D eigenvalue weighted by atomic mass is 79.9. The zero-order valence-electron chi connectivity index (χ0n) is 10.5. The number of aryl methyl sites for hydroxylation is 1. The van der Waals surface area contributed by atoms with Crippen LogP contribution in [-0.2, 0) is 12.7 Å². The molecule has 3 nitrogen and oxygen atoms in total. The summed E-state index contributed by atoms with van der Waals surface area (Å²) in [6.45, 7) is 1.99. The Kier molecular flexibility index (Phi) is 4.19. The summed E-state index contributed by atoms with van der Waals surface area (Å²) in [7, 11) is 0. The van der Waals surface area contributed by atoms with Gasteiger partial charge in [0.2, 0.25) is 0 Å². The van der Waals surface area contributed by atoms with Gasteiger partial charge >= 0.3 is 6.18 Å². The Bertz CT molecular complexity index is 573. The van der Waals surface area contributed by atoms with Gasteiger partial charge in [0.25, 0.3) is 0 Å². The summed E-state index contributed by atoms with van der Waals surface area (Å²) >= 11 is 3.30. The van der Waals surface area contributed by atoms with Crippen LogP contribution in [0.1, 0.15) is 22.9 Å². The smallest absolute Gasteiger partial charge is 0.386 e. The van der Waals surface area contributed by atoms with E-state index in [2.05, 4.69) is 21.0 Å². The molecular formula is C13H12BrF3N2O. The fourth-order valence-corrected chi connectivity index (χ4v) is 2.08. The second kappa shape index (κ2) is 5.57. The first kappa shape index (κ1) is 15.1. The maximum Gasteiger partial charge on any atom is 0.416 e. The van der Waals surface area contributed by atoms with Gasteiger partial charge in [0.15, 0.2) is 0 Å². The van der Waals surface area contributed by atoms with Crippen molar-refractivity contribution in [1.82, 2.24) is 9.78 Å². The summed E-state index contributed by atoms with van der Waals surface area (Å²) in [5.41, 5.74) is 0.470. The molecule has 0 aliphatic heterocycles. The van der Waals surface area contributed by atoms with E-state index in [0.29, 0.717) is 5.56 Å². The fourth-order valence-electron chi connectivity index (χ4n) is 1.76. The second-order valence-electron chi connectivity index (χ2n) is 4.42. The average Bonchev–Trinajstić information content (AvgIpc) is 2.67. The first-order valence-corrected chi connectivity index (χ1v) is 6.61. The minimum Gasteiger partial charge on any atom is -0.386 e. The van der Waals surface area contributed by atoms with Gasteiger partial charge in [-0.2, -0.15) is 18.3 Å². The van der Waals surface area contributed by atoms with Crippen LogP contribution < -0.4 is 0 Å². The number of benzene rings is 1. The van der Waals surface area contributed by atoms with Gasteiger partial charge in [-0.1, -0.05) is 12.1 Å². The Hall–Kier alpha value is -1.34. The number of aliphatic hydroxyl groups is 1. The summed E-state index contributed by atoms with van der Waals surface area (Å²) in [5, 5.41) is 14.2. The number of hydrogen-bond acceptors (Lipinski definition) is 2. The van der Waals surface area contributed by atoms with Crippen LogP contribution in [0.25, 0.3) is 0 Å². The number of aromatic nitrogens is 2. The Balaban J connectivity index is 2.11. The van der Waals surface area contributed by atoms with Crippen LogP contribution in [0.2, 0.25) is 0 Å². The van der Waals surface area contributed by atoms with E-state index in [1.165, 1.54) is 12.1 Å². The van der Waals surface area contributed by atoms with E-state index in [4.69, 9.17) is 0 Å². The van der Waals surface area contributed by atoms with Crippen LogP contribution >= 0.6 is 15.9 Å². The molecule has 0 spiro atoms. The zero-order valence-corrected chi connectivity index (χ0v) is 12.1. The quantitative estimate of drug-likeness (QED) is 0.918. The summed E-state index contributed by atoms with van der Waals surface area (Å²) in [6.07, 6.45) is -3.57. The van der Waals surface area contributed by atoms with Gasteiger partial charge < -0.3 is 5.11 Å². The van der Waals surface area contributed by atoms with Gasteiger partial charge in [-0.25, -0.2) is 0 Å². The lowest BCUT2D eigenvalue weighted by molar-refractivity contribution is -0.137. The van der Waals surface area contributed by atoms with E-state index in [0.717, 1.165) is 22.3 Å². The van der Waals surface area contributed by atoms with Crippen molar-refractivity contribution in [2.75, 3.05) is 0 Å². The molecule has 0 amide bonds. The molecule has 0 aliphatic rings. The van der Waals surface area contributed by atoms with Gasteiger partial charge in [-0.05, 0) is 40.5 Å². The van der Waals surface area contributed by atoms with Crippen molar-refractivity contribution in [3.05, 3.63) is 51.8 Å². The highest BCUT2D eigenvalue weighted by molar-refractivity contribution is 9.10. The first-order valence-electron chi connectivity index (χ1n) is 5.82. The molecule has 1 unspecified atom stereocenters. The lowest BCUT2D eigenvalue weighted by Gasteiger charge is -2.12. The molecule has 0 fully saturated rings. The lowest BCUT2D eigenvalue weighted by atomic mass is 10.1. The van der Waals surface area contributed by atoms with Crippen LogP contribution in [0, 0.1) is 6.92 Å². The molecular weight excluding hydrogens is 337 g/mol. The average molecular weight is 349 g/mol. The number of nitrogens with zero attached hydrogens (tertiary/aromatic N) is 2. The molecule has 1 aromatic carbocycles. The molecule has 7 heteroatoms. The van der Waals surface area contributed by atoms with E-state index >= 15 is 0 Å². The van der Waals surface area contributed by atoms with Crippen LogP contribution in [0.15, 0.2) is 34.9 Å². The van der Waals surface area contributed by atoms with Gasteiger partial charge in [0.1, 0.15) is 0 Å². The third-order valence-electron chi connectivity index (χ3n) is 2.87. The van der Waals surface area contributed by atoms with E-state index < -0.39 is 17.8 Å². The number of aliphatic hydroxyl groups excluding tert-OH is 1. The Morgan fingerprint density at radius 2 is 1.90 bits per heavy atom. The number of alkyl halides is 3. The first-order chi connectivity index (χ1) is 9.27. The molecule has 1 atom stereocenters. The molecule has 0 saturated carbocycles. The van der Waals surface area contributed by atoms with E-state index in [1.807, 2.05) is 6.92 Å². The summed E-state index contributed by atoms with van der Waals surface area (Å²) in [5.74, 6) is 0. The number of hydrogen-bond donors (Lipinski definition) is 1. The fraction of sp³-hybridized carbons (Fsp3) is 0.308. The van der Waals surface area contributed by atoms with E-state index in [-0.39, 0.29) is 6.54 Å². The molecule has 2 aromatic rings. The van der Waals surface area contributed by atoms with Crippen molar-refractivity contribution in [2.45, 2.75) is 25.7 Å². The molecule has 1 aromatic heterocycles. The predicted octanol–water partition coefficient (Wildman–Crippen LogP) is 3.71. The summed E-state index contributed by atoms with van der Waals surface area (Å²) < 4.78 is 39.7. The maximum absolute atomic E-state index is 12.4. The monoisotopic (exact) mass is 348 g/mol. The normalized spacial score (nSPS) is 13.5. The molecule has 2 rings (SSSR count). The van der Waals surface area contributed by atoms with Gasteiger partial charge in [-0.15, -0.1) is 0 Å². The molecule has 0 radical (unpaired) electrons. The molecule has 0 saturated heterocycles. The van der Waals surface area contributed by atoms with E-state index in [9.17, 15) is 18.3 Å². The zero-order chi connectivity index (χ0) is 14.9. The molecule has 1 heterocycles. The lowest BCUT2D eigenvalue weighted by Crippen LogP contribution is -2.10. The summed E-state index contributed by atoms with van der Waals surface area (Å²) in [6, 6.07) is 4.48. The highest BCUT2D eigenvalue weighted by Gasteiger charge is 2.30. The number of rotatable bonds is 3. The molecule has 0 bridgehead atoms. The van der Waals surface area contributed by atoms with Crippen molar-refractivity contribution in [2.24, 2.45) is 0 Å². The standard InChI is InChI=1S/C13H12BrF3N2O/c1-8-11(14)6-19(18-8)7-12(20)9-2-4-10(5-3-9)13(15,16)17/h2-6,12,20H,7H2,1H3. The minimum atomic E-state index is -4.37. The van der Waals surface area contributed by atoms with Gasteiger partial charge in [0, 0.05) is 6.20 Å². The number of halogens is 4. The largest absolute Gasteiger partial charge is 0.416 e. The Labute approximate surface area is 122 Å². The SMILES string of the molecule is Cc1nn(CC(O)c2ccc(C(F)(F)F)cc2)cc1Br. The van der Waals surface area contributed by atoms with Crippen LogP contribution in [0.5, 0.6) is 0 Å². The maximum atomic E-state index is 12.4. The van der Waals surface area contributed by atoms with Gasteiger partial charge in [-0.3, -0.25) is 4.68 Å². The van der Waals surface area contributed by atoms with Crippen molar-refractivity contribution in [3.8, 4) is 0 Å². The molecule has 20 heavy (non-hydrogen) atoms. The van der Waals surface area contributed by atoms with Crippen LogP contribution in [0.3, 0.4) is 0 Å². The topological polar surface area (TPSA) is 38.0 Å². The molecule has 108 valence electrons. The van der Waals surface area contributed by atoms with Crippen molar-refractivity contribution < 1.29 is 18.3 Å². The third-order valence-corrected chi connectivity index (χ3v) is 3.65. The van der Waals surface area contributed by atoms with E-state index in [1.54, 1.807) is 10.9 Å². The van der Waals surface area contributed by atoms with Crippen LogP contribution in [-0.4, -0.2) is 14.9 Å². The second-order valence-corrected chi connectivity index (χ2v) is 5.27. The van der Waals surface area contributed by atoms with Crippen molar-refractivity contribution in [3.63, 3.8) is 0 Å². The van der Waals surface area contributed by atoms with Crippen molar-refractivity contribution in [1.29, 1.82) is 0 Å². The van der Waals surface area contributed by atoms with Crippen LogP contribution in [0.4, 0.5) is 13.2 Å². The summed E-state index contributed by atoms with van der Waals surface area (Å²) in [4.78, 5) is 0. The Morgan fingerprint density at radius 1 is 1.30 bits per heavy atom. The third kappa shape index (κ3) is 3.40. The molecule has 1 N–H and O–H groups in total. The minimum absolute atomic E-state index is 0.178.